The molecule has 0 N–H and O–H groups in total. The lowest BCUT2D eigenvalue weighted by Crippen LogP contribution is -2.30. The van der Waals surface area contributed by atoms with Crippen LogP contribution in [0.5, 0.6) is 0 Å². The zero-order valence-corrected chi connectivity index (χ0v) is 16.4. The molecule has 5 nitrogen and oxygen atoms in total. The second kappa shape index (κ2) is 6.48. The van der Waals surface area contributed by atoms with Crippen LogP contribution in [0.15, 0.2) is 42.7 Å². The van der Waals surface area contributed by atoms with Crippen molar-refractivity contribution in [1.82, 2.24) is 19.7 Å². The van der Waals surface area contributed by atoms with E-state index in [2.05, 4.69) is 32.8 Å². The Balaban J connectivity index is 1.80. The van der Waals surface area contributed by atoms with Crippen LogP contribution < -0.4 is 0 Å². The van der Waals surface area contributed by atoms with Gasteiger partial charge in [-0.1, -0.05) is 32.0 Å². The Bertz CT molecular complexity index is 1000. The van der Waals surface area contributed by atoms with Crippen LogP contribution in [0.3, 0.4) is 0 Å². The summed E-state index contributed by atoms with van der Waals surface area (Å²) >= 11 is 0. The topological polar surface area (TPSA) is 51.0 Å². The normalized spacial score (nSPS) is 16.4. The molecule has 5 heteroatoms. The number of fused-ring (bicyclic) bond motifs is 1. The van der Waals surface area contributed by atoms with Crippen molar-refractivity contribution in [2.75, 3.05) is 13.1 Å². The maximum absolute atomic E-state index is 13.3. The van der Waals surface area contributed by atoms with Crippen molar-refractivity contribution in [1.29, 1.82) is 0 Å². The summed E-state index contributed by atoms with van der Waals surface area (Å²) < 4.78 is 1.91. The van der Waals surface area contributed by atoms with Crippen LogP contribution in [0, 0.1) is 5.41 Å². The molecule has 4 rings (SSSR count). The van der Waals surface area contributed by atoms with Gasteiger partial charge in [0.25, 0.3) is 5.91 Å². The molecule has 0 bridgehead atoms. The van der Waals surface area contributed by atoms with Crippen molar-refractivity contribution < 1.29 is 4.79 Å². The zero-order chi connectivity index (χ0) is 19.2. The number of likely N-dealkylation sites (tertiary alicyclic amines) is 1. The maximum Gasteiger partial charge on any atom is 0.254 e. The molecule has 0 aliphatic carbocycles. The maximum atomic E-state index is 13.3. The van der Waals surface area contributed by atoms with E-state index >= 15 is 0 Å². The van der Waals surface area contributed by atoms with Gasteiger partial charge in [0, 0.05) is 36.3 Å². The lowest BCUT2D eigenvalue weighted by molar-refractivity contribution is 0.0780. The monoisotopic (exact) mass is 362 g/mol. The van der Waals surface area contributed by atoms with Crippen LogP contribution >= 0.6 is 0 Å². The summed E-state index contributed by atoms with van der Waals surface area (Å²) in [6, 6.07) is 10.1. The first-order chi connectivity index (χ1) is 12.8. The van der Waals surface area contributed by atoms with Gasteiger partial charge < -0.3 is 4.90 Å². The van der Waals surface area contributed by atoms with Gasteiger partial charge >= 0.3 is 0 Å². The lowest BCUT2D eigenvalue weighted by atomic mass is 9.93. The van der Waals surface area contributed by atoms with Gasteiger partial charge in [0.1, 0.15) is 0 Å². The molecule has 3 heterocycles. The van der Waals surface area contributed by atoms with Crippen molar-refractivity contribution in [2.45, 2.75) is 40.2 Å². The van der Waals surface area contributed by atoms with Crippen molar-refractivity contribution >= 4 is 16.8 Å². The fourth-order valence-corrected chi connectivity index (χ4v) is 3.71. The van der Waals surface area contributed by atoms with Crippen LogP contribution in [-0.4, -0.2) is 38.7 Å². The molecule has 1 amide bonds. The van der Waals surface area contributed by atoms with E-state index in [1.165, 1.54) is 0 Å². The molecule has 1 aliphatic heterocycles. The number of para-hydroxylation sites is 1. The molecule has 1 fully saturated rings. The van der Waals surface area contributed by atoms with E-state index in [0.29, 0.717) is 0 Å². The van der Waals surface area contributed by atoms with E-state index in [4.69, 9.17) is 4.98 Å². The van der Waals surface area contributed by atoms with E-state index in [0.717, 1.165) is 47.2 Å². The standard InChI is InChI=1S/C22H26N4O/c1-15(2)26-13-16(12-23-26)20-11-18(17-7-5-6-8-19(17)24-20)21(27)25-10-9-22(3,4)14-25/h5-8,11-13,15H,9-10,14H2,1-4H3. The third-order valence-electron chi connectivity index (χ3n) is 5.34. The Morgan fingerprint density at radius 2 is 2.00 bits per heavy atom. The fourth-order valence-electron chi connectivity index (χ4n) is 3.71. The predicted molar refractivity (Wildman–Crippen MR) is 108 cm³/mol. The average Bonchev–Trinajstić information content (AvgIpc) is 3.27. The minimum Gasteiger partial charge on any atom is -0.338 e. The van der Waals surface area contributed by atoms with E-state index < -0.39 is 0 Å². The van der Waals surface area contributed by atoms with Crippen LogP contribution in [-0.2, 0) is 0 Å². The Hall–Kier alpha value is -2.69. The molecule has 0 unspecified atom stereocenters. The Morgan fingerprint density at radius 1 is 1.22 bits per heavy atom. The fraction of sp³-hybridized carbons (Fsp3) is 0.409. The van der Waals surface area contributed by atoms with E-state index in [1.807, 2.05) is 52.3 Å². The van der Waals surface area contributed by atoms with Crippen molar-refractivity contribution in [3.05, 3.63) is 48.3 Å². The summed E-state index contributed by atoms with van der Waals surface area (Å²) in [5.41, 5.74) is 3.48. The molecule has 2 aromatic heterocycles. The average molecular weight is 362 g/mol. The van der Waals surface area contributed by atoms with Crippen LogP contribution in [0.25, 0.3) is 22.2 Å². The highest BCUT2D eigenvalue weighted by atomic mass is 16.2. The largest absolute Gasteiger partial charge is 0.338 e. The number of nitrogens with zero attached hydrogens (tertiary/aromatic N) is 4. The number of pyridine rings is 1. The van der Waals surface area contributed by atoms with E-state index in [1.54, 1.807) is 0 Å². The van der Waals surface area contributed by atoms with Crippen molar-refractivity contribution in [3.63, 3.8) is 0 Å². The molecular formula is C22H26N4O. The van der Waals surface area contributed by atoms with Crippen LogP contribution in [0.2, 0.25) is 0 Å². The summed E-state index contributed by atoms with van der Waals surface area (Å²) in [6.45, 7) is 10.2. The summed E-state index contributed by atoms with van der Waals surface area (Å²) in [7, 11) is 0. The quantitative estimate of drug-likeness (QED) is 0.687. The lowest BCUT2D eigenvalue weighted by Gasteiger charge is -2.21. The predicted octanol–water partition coefficient (Wildman–Crippen LogP) is 4.55. The zero-order valence-electron chi connectivity index (χ0n) is 16.4. The molecule has 0 saturated carbocycles. The number of benzene rings is 1. The van der Waals surface area contributed by atoms with Crippen LogP contribution in [0.4, 0.5) is 0 Å². The number of hydrogen-bond acceptors (Lipinski definition) is 3. The van der Waals surface area contributed by atoms with Gasteiger partial charge in [0.15, 0.2) is 0 Å². The second-order valence-corrected chi connectivity index (χ2v) is 8.52. The number of amides is 1. The van der Waals surface area contributed by atoms with Gasteiger partial charge in [-0.3, -0.25) is 9.48 Å². The molecule has 1 aromatic carbocycles. The van der Waals surface area contributed by atoms with Gasteiger partial charge in [0.2, 0.25) is 0 Å². The molecule has 140 valence electrons. The molecular weight excluding hydrogens is 336 g/mol. The van der Waals surface area contributed by atoms with Crippen LogP contribution in [0.1, 0.15) is 50.5 Å². The molecule has 0 radical (unpaired) electrons. The van der Waals surface area contributed by atoms with E-state index in [9.17, 15) is 4.79 Å². The van der Waals surface area contributed by atoms with Gasteiger partial charge in [-0.05, 0) is 37.8 Å². The second-order valence-electron chi connectivity index (χ2n) is 8.52. The van der Waals surface area contributed by atoms with Gasteiger partial charge in [-0.2, -0.15) is 5.10 Å². The molecule has 1 saturated heterocycles. The number of carbonyl (C=O) groups excluding carboxylic acids is 1. The molecule has 27 heavy (non-hydrogen) atoms. The third kappa shape index (κ3) is 3.34. The number of aromatic nitrogens is 3. The Morgan fingerprint density at radius 3 is 2.67 bits per heavy atom. The molecule has 0 spiro atoms. The van der Waals surface area contributed by atoms with Crippen molar-refractivity contribution in [2.24, 2.45) is 5.41 Å². The minimum atomic E-state index is 0.0941. The summed E-state index contributed by atoms with van der Waals surface area (Å²) in [6.07, 6.45) is 4.86. The SMILES string of the molecule is CC(C)n1cc(-c2cc(C(=O)N3CCC(C)(C)C3)c3ccccc3n2)cn1. The van der Waals surface area contributed by atoms with Gasteiger partial charge in [-0.15, -0.1) is 0 Å². The minimum absolute atomic E-state index is 0.0941. The number of rotatable bonds is 3. The summed E-state index contributed by atoms with van der Waals surface area (Å²) in [5, 5.41) is 5.33. The summed E-state index contributed by atoms with van der Waals surface area (Å²) in [4.78, 5) is 20.1. The summed E-state index contributed by atoms with van der Waals surface area (Å²) in [5.74, 6) is 0.0941. The number of carbonyl (C=O) groups is 1. The van der Waals surface area contributed by atoms with Gasteiger partial charge in [0.05, 0.1) is 23.0 Å². The molecule has 1 aliphatic rings. The Labute approximate surface area is 160 Å². The molecule has 0 atom stereocenters. The Kier molecular flexibility index (Phi) is 4.25. The highest BCUT2D eigenvalue weighted by Crippen LogP contribution is 2.32. The number of hydrogen-bond donors (Lipinski definition) is 0. The first-order valence-electron chi connectivity index (χ1n) is 9.58. The van der Waals surface area contributed by atoms with Gasteiger partial charge in [-0.25, -0.2) is 4.98 Å². The molecule has 3 aromatic rings. The smallest absolute Gasteiger partial charge is 0.254 e. The first-order valence-corrected chi connectivity index (χ1v) is 9.58. The highest BCUT2D eigenvalue weighted by molar-refractivity contribution is 6.07. The third-order valence-corrected chi connectivity index (χ3v) is 5.34. The van der Waals surface area contributed by atoms with E-state index in [-0.39, 0.29) is 17.4 Å². The highest BCUT2D eigenvalue weighted by Gasteiger charge is 2.33. The first kappa shape index (κ1) is 17.7. The van der Waals surface area contributed by atoms with Crippen molar-refractivity contribution in [3.8, 4) is 11.3 Å².